The van der Waals surface area contributed by atoms with Crippen molar-refractivity contribution in [1.29, 1.82) is 0 Å². The van der Waals surface area contributed by atoms with Gasteiger partial charge < -0.3 is 19.8 Å². The highest BCUT2D eigenvalue weighted by Gasteiger charge is 2.37. The second kappa shape index (κ2) is 7.09. The molecule has 2 aliphatic rings. The molecule has 0 aliphatic carbocycles. The topological polar surface area (TPSA) is 46.1 Å². The number of likely N-dealkylation sites (tertiary alicyclic amines) is 1. The molecule has 1 N–H and O–H groups in total. The van der Waals surface area contributed by atoms with Gasteiger partial charge in [-0.2, -0.15) is 5.10 Å². The maximum Gasteiger partial charge on any atom is 0.174 e. The van der Waals surface area contributed by atoms with Crippen molar-refractivity contribution in [3.63, 3.8) is 0 Å². The molecule has 1 saturated heterocycles. The van der Waals surface area contributed by atoms with Crippen LogP contribution >= 0.6 is 15.9 Å². The van der Waals surface area contributed by atoms with Gasteiger partial charge in [0.2, 0.25) is 0 Å². The van der Waals surface area contributed by atoms with Crippen LogP contribution in [0.1, 0.15) is 31.9 Å². The predicted octanol–water partition coefficient (Wildman–Crippen LogP) is 3.20. The van der Waals surface area contributed by atoms with Crippen LogP contribution in [0.4, 0.5) is 0 Å². The van der Waals surface area contributed by atoms with Gasteiger partial charge in [-0.15, -0.1) is 0 Å². The van der Waals surface area contributed by atoms with Crippen LogP contribution in [0.3, 0.4) is 0 Å². The predicted molar refractivity (Wildman–Crippen MR) is 95.4 cm³/mol. The summed E-state index contributed by atoms with van der Waals surface area (Å²) >= 11 is 3.61. The molecular formula is C17H24BrN3O2. The summed E-state index contributed by atoms with van der Waals surface area (Å²) in [6, 6.07) is 4.39. The standard InChI is InChI=1S/C17H24BrN3O2/c1-4-21-7-6-14-12(10-21)16(20-19-14)11-8-13(18)17(22-3)15(9-11)23-5-2/h8-9,12,16,20H,4-7,10H2,1-3H3. The van der Waals surface area contributed by atoms with Gasteiger partial charge in [0.15, 0.2) is 11.5 Å². The Hall–Kier alpha value is -1.27. The molecule has 1 fully saturated rings. The first kappa shape index (κ1) is 16.6. The lowest BCUT2D eigenvalue weighted by atomic mass is 9.86. The summed E-state index contributed by atoms with van der Waals surface area (Å²) in [7, 11) is 1.66. The average Bonchev–Trinajstić information content (AvgIpc) is 2.97. The van der Waals surface area contributed by atoms with E-state index in [0.29, 0.717) is 12.5 Å². The van der Waals surface area contributed by atoms with E-state index >= 15 is 0 Å². The van der Waals surface area contributed by atoms with Crippen molar-refractivity contribution >= 4 is 21.6 Å². The zero-order valence-corrected chi connectivity index (χ0v) is 15.5. The monoisotopic (exact) mass is 381 g/mol. The average molecular weight is 382 g/mol. The smallest absolute Gasteiger partial charge is 0.174 e. The lowest BCUT2D eigenvalue weighted by Crippen LogP contribution is -2.41. The van der Waals surface area contributed by atoms with Crippen LogP contribution in [-0.4, -0.2) is 44.0 Å². The molecule has 2 unspecified atom stereocenters. The summed E-state index contributed by atoms with van der Waals surface area (Å²) in [5.74, 6) is 1.95. The first-order chi connectivity index (χ1) is 11.2. The van der Waals surface area contributed by atoms with Gasteiger partial charge in [0.05, 0.1) is 24.2 Å². The van der Waals surface area contributed by atoms with Crippen molar-refractivity contribution in [3.05, 3.63) is 22.2 Å². The SMILES string of the molecule is CCOc1cc(C2NN=C3CCN(CC)CC32)cc(Br)c1OC. The van der Waals surface area contributed by atoms with Crippen LogP contribution in [0.25, 0.3) is 0 Å². The van der Waals surface area contributed by atoms with Crippen LogP contribution in [0.2, 0.25) is 0 Å². The number of nitrogens with zero attached hydrogens (tertiary/aromatic N) is 2. The minimum absolute atomic E-state index is 0.195. The maximum atomic E-state index is 5.76. The number of hydrazone groups is 1. The van der Waals surface area contributed by atoms with E-state index in [1.807, 2.05) is 6.92 Å². The zero-order chi connectivity index (χ0) is 16.4. The summed E-state index contributed by atoms with van der Waals surface area (Å²) in [6.45, 7) is 8.06. The maximum absolute atomic E-state index is 5.76. The Morgan fingerprint density at radius 1 is 1.39 bits per heavy atom. The molecule has 1 aromatic rings. The number of hydrogen-bond donors (Lipinski definition) is 1. The van der Waals surface area contributed by atoms with Gasteiger partial charge in [0, 0.05) is 31.1 Å². The number of methoxy groups -OCH3 is 1. The number of fused-ring (bicyclic) bond motifs is 1. The number of hydrogen-bond acceptors (Lipinski definition) is 5. The molecule has 126 valence electrons. The Bertz CT molecular complexity index is 606. The Balaban J connectivity index is 1.89. The molecular weight excluding hydrogens is 358 g/mol. The van der Waals surface area contributed by atoms with Gasteiger partial charge in [-0.3, -0.25) is 0 Å². The molecule has 1 aromatic carbocycles. The Morgan fingerprint density at radius 2 is 2.22 bits per heavy atom. The highest BCUT2D eigenvalue weighted by atomic mass is 79.9. The molecule has 0 amide bonds. The zero-order valence-electron chi connectivity index (χ0n) is 13.9. The summed E-state index contributed by atoms with van der Waals surface area (Å²) < 4.78 is 12.1. The molecule has 6 heteroatoms. The van der Waals surface area contributed by atoms with Crippen molar-refractivity contribution in [2.24, 2.45) is 11.0 Å². The first-order valence-corrected chi connectivity index (χ1v) is 9.01. The molecule has 0 spiro atoms. The van der Waals surface area contributed by atoms with E-state index in [2.05, 4.69) is 50.4 Å². The number of rotatable bonds is 5. The normalized spacial score (nSPS) is 23.9. The van der Waals surface area contributed by atoms with E-state index in [9.17, 15) is 0 Å². The number of halogens is 1. The summed E-state index contributed by atoms with van der Waals surface area (Å²) in [5, 5.41) is 4.58. The molecule has 3 rings (SSSR count). The minimum Gasteiger partial charge on any atom is -0.492 e. The fraction of sp³-hybridized carbons (Fsp3) is 0.588. The number of nitrogens with one attached hydrogen (secondary N) is 1. The molecule has 2 heterocycles. The molecule has 0 radical (unpaired) electrons. The van der Waals surface area contributed by atoms with E-state index in [4.69, 9.17) is 9.47 Å². The number of ether oxygens (including phenoxy) is 2. The van der Waals surface area contributed by atoms with E-state index in [1.165, 1.54) is 11.3 Å². The molecule has 2 atom stereocenters. The summed E-state index contributed by atoms with van der Waals surface area (Å²) in [6.07, 6.45) is 1.05. The van der Waals surface area contributed by atoms with Crippen LogP contribution in [-0.2, 0) is 0 Å². The summed E-state index contributed by atoms with van der Waals surface area (Å²) in [5.41, 5.74) is 5.82. The highest BCUT2D eigenvalue weighted by Crippen LogP contribution is 2.41. The Kier molecular flexibility index (Phi) is 5.11. The number of piperidine rings is 1. The third kappa shape index (κ3) is 3.19. The van der Waals surface area contributed by atoms with Crippen LogP contribution in [0.15, 0.2) is 21.7 Å². The molecule has 5 nitrogen and oxygen atoms in total. The molecule has 0 aromatic heterocycles. The molecule has 0 bridgehead atoms. The highest BCUT2D eigenvalue weighted by molar-refractivity contribution is 9.10. The first-order valence-electron chi connectivity index (χ1n) is 8.22. The second-order valence-corrected chi connectivity index (χ2v) is 6.78. The quantitative estimate of drug-likeness (QED) is 0.850. The Morgan fingerprint density at radius 3 is 2.91 bits per heavy atom. The Labute approximate surface area is 146 Å². The summed E-state index contributed by atoms with van der Waals surface area (Å²) in [4.78, 5) is 2.49. The van der Waals surface area contributed by atoms with Crippen molar-refractivity contribution < 1.29 is 9.47 Å². The van der Waals surface area contributed by atoms with Crippen LogP contribution in [0, 0.1) is 5.92 Å². The minimum atomic E-state index is 0.195. The van der Waals surface area contributed by atoms with Crippen molar-refractivity contribution in [1.82, 2.24) is 10.3 Å². The molecule has 2 aliphatic heterocycles. The van der Waals surface area contributed by atoms with E-state index < -0.39 is 0 Å². The van der Waals surface area contributed by atoms with E-state index in [-0.39, 0.29) is 6.04 Å². The van der Waals surface area contributed by atoms with Crippen molar-refractivity contribution in [2.75, 3.05) is 33.4 Å². The largest absolute Gasteiger partial charge is 0.492 e. The van der Waals surface area contributed by atoms with Gasteiger partial charge in [0.25, 0.3) is 0 Å². The second-order valence-electron chi connectivity index (χ2n) is 5.93. The fourth-order valence-electron chi connectivity index (χ4n) is 3.43. The fourth-order valence-corrected chi connectivity index (χ4v) is 4.06. The van der Waals surface area contributed by atoms with E-state index in [0.717, 1.165) is 42.0 Å². The lowest BCUT2D eigenvalue weighted by molar-refractivity contribution is 0.238. The van der Waals surface area contributed by atoms with Crippen LogP contribution < -0.4 is 14.9 Å². The van der Waals surface area contributed by atoms with Gasteiger partial charge in [-0.25, -0.2) is 0 Å². The number of benzene rings is 1. The third-order valence-corrected chi connectivity index (χ3v) is 5.25. The lowest BCUT2D eigenvalue weighted by Gasteiger charge is -2.33. The van der Waals surface area contributed by atoms with Crippen LogP contribution in [0.5, 0.6) is 11.5 Å². The van der Waals surface area contributed by atoms with Gasteiger partial charge >= 0.3 is 0 Å². The van der Waals surface area contributed by atoms with Crippen molar-refractivity contribution in [3.8, 4) is 11.5 Å². The van der Waals surface area contributed by atoms with Crippen molar-refractivity contribution in [2.45, 2.75) is 26.3 Å². The van der Waals surface area contributed by atoms with Gasteiger partial charge in [0.1, 0.15) is 0 Å². The molecule has 23 heavy (non-hydrogen) atoms. The van der Waals surface area contributed by atoms with Gasteiger partial charge in [-0.1, -0.05) is 6.92 Å². The third-order valence-electron chi connectivity index (χ3n) is 4.66. The van der Waals surface area contributed by atoms with E-state index in [1.54, 1.807) is 7.11 Å². The molecule has 0 saturated carbocycles. The van der Waals surface area contributed by atoms with Gasteiger partial charge in [-0.05, 0) is 47.1 Å².